The van der Waals surface area contributed by atoms with Crippen LogP contribution in [0.15, 0.2) is 24.3 Å². The van der Waals surface area contributed by atoms with E-state index in [9.17, 15) is 9.90 Å². The third-order valence-corrected chi connectivity index (χ3v) is 3.91. The molecule has 2 rings (SSSR count). The Morgan fingerprint density at radius 2 is 2.00 bits per heavy atom. The molecule has 2 aromatic rings. The Bertz CT molecular complexity index is 696. The van der Waals surface area contributed by atoms with Gasteiger partial charge >= 0.3 is 5.97 Å². The summed E-state index contributed by atoms with van der Waals surface area (Å²) in [4.78, 5) is 11.2. The van der Waals surface area contributed by atoms with Crippen molar-refractivity contribution in [2.45, 2.75) is 19.8 Å². The van der Waals surface area contributed by atoms with E-state index < -0.39 is 5.97 Å². The molecule has 102 valence electrons. The second kappa shape index (κ2) is 5.63. The van der Waals surface area contributed by atoms with E-state index in [2.05, 4.69) is 11.2 Å². The molecule has 20 heavy (non-hydrogen) atoms. The van der Waals surface area contributed by atoms with Crippen molar-refractivity contribution in [2.75, 3.05) is 0 Å². The first-order chi connectivity index (χ1) is 9.45. The lowest BCUT2D eigenvalue weighted by Gasteiger charge is -2.10. The number of aromatic nitrogens is 2. The molecule has 0 amide bonds. The first-order valence-corrected chi connectivity index (χ1v) is 7.05. The van der Waals surface area contributed by atoms with Crippen LogP contribution < -0.4 is 0 Å². The summed E-state index contributed by atoms with van der Waals surface area (Å²) in [5, 5.41) is 22.2. The van der Waals surface area contributed by atoms with Crippen LogP contribution >= 0.6 is 22.6 Å². The van der Waals surface area contributed by atoms with Crippen LogP contribution in [0.25, 0.3) is 5.69 Å². The Kier molecular flexibility index (Phi) is 4.09. The minimum absolute atomic E-state index is 0.0543. The Balaban J connectivity index is 2.63. The summed E-state index contributed by atoms with van der Waals surface area (Å²) < 4.78 is 2.28. The molecule has 0 saturated carbocycles. The third-order valence-electron chi connectivity index (χ3n) is 2.85. The summed E-state index contributed by atoms with van der Waals surface area (Å²) in [5.74, 6) is -0.901. The lowest BCUT2D eigenvalue weighted by atomic mass is 10.1. The number of halogens is 1. The first kappa shape index (κ1) is 14.5. The molecule has 1 N–H and O–H groups in total. The van der Waals surface area contributed by atoms with E-state index in [1.54, 1.807) is 28.9 Å². The van der Waals surface area contributed by atoms with Crippen molar-refractivity contribution in [3.05, 3.63) is 44.8 Å². The number of hydrogen-bond donors (Lipinski definition) is 1. The van der Waals surface area contributed by atoms with Gasteiger partial charge in [0.05, 0.1) is 26.6 Å². The van der Waals surface area contributed by atoms with Gasteiger partial charge in [-0.15, -0.1) is 0 Å². The zero-order valence-electron chi connectivity index (χ0n) is 11.0. The molecule has 0 aliphatic carbocycles. The highest BCUT2D eigenvalue weighted by atomic mass is 127. The van der Waals surface area contributed by atoms with Gasteiger partial charge in [-0.3, -0.25) is 0 Å². The van der Waals surface area contributed by atoms with Gasteiger partial charge in [0.25, 0.3) is 0 Å². The minimum Gasteiger partial charge on any atom is -0.476 e. The van der Waals surface area contributed by atoms with E-state index in [-0.39, 0.29) is 11.6 Å². The lowest BCUT2D eigenvalue weighted by molar-refractivity contribution is 0.0689. The van der Waals surface area contributed by atoms with Crippen molar-refractivity contribution in [1.82, 2.24) is 9.78 Å². The highest BCUT2D eigenvalue weighted by Crippen LogP contribution is 2.27. The van der Waals surface area contributed by atoms with Crippen LogP contribution in [0.5, 0.6) is 0 Å². The van der Waals surface area contributed by atoms with E-state index >= 15 is 0 Å². The van der Waals surface area contributed by atoms with Crippen molar-refractivity contribution in [3.63, 3.8) is 0 Å². The largest absolute Gasteiger partial charge is 0.476 e. The molecule has 0 unspecified atom stereocenters. The van der Waals surface area contributed by atoms with Crippen LogP contribution in [0.4, 0.5) is 0 Å². The topological polar surface area (TPSA) is 78.9 Å². The van der Waals surface area contributed by atoms with Gasteiger partial charge in [0, 0.05) is 0 Å². The number of nitriles is 1. The molecule has 1 heterocycles. The van der Waals surface area contributed by atoms with Gasteiger partial charge in [0.15, 0.2) is 5.69 Å². The van der Waals surface area contributed by atoms with Crippen LogP contribution in [0.3, 0.4) is 0 Å². The highest BCUT2D eigenvalue weighted by Gasteiger charge is 2.23. The van der Waals surface area contributed by atoms with Crippen LogP contribution in [0.2, 0.25) is 0 Å². The zero-order chi connectivity index (χ0) is 14.9. The molecule has 0 atom stereocenters. The van der Waals surface area contributed by atoms with E-state index in [4.69, 9.17) is 5.26 Å². The predicted octanol–water partition coefficient (Wildman–Crippen LogP) is 3.17. The van der Waals surface area contributed by atoms with Crippen molar-refractivity contribution >= 4 is 28.6 Å². The predicted molar refractivity (Wildman–Crippen MR) is 82.0 cm³/mol. The van der Waals surface area contributed by atoms with E-state index in [1.165, 1.54) is 0 Å². The number of carbonyl (C=O) groups is 1. The smallest absolute Gasteiger partial charge is 0.357 e. The zero-order valence-corrected chi connectivity index (χ0v) is 13.1. The molecular formula is C14H12IN3O2. The van der Waals surface area contributed by atoms with Gasteiger partial charge in [0.1, 0.15) is 0 Å². The quantitative estimate of drug-likeness (QED) is 0.829. The Morgan fingerprint density at radius 3 is 2.45 bits per heavy atom. The molecule has 0 aliphatic heterocycles. The van der Waals surface area contributed by atoms with Gasteiger partial charge in [-0.05, 0) is 52.8 Å². The molecule has 5 nitrogen and oxygen atoms in total. The van der Waals surface area contributed by atoms with Gasteiger partial charge < -0.3 is 5.11 Å². The Labute approximate surface area is 130 Å². The normalized spacial score (nSPS) is 10.6. The molecule has 1 aromatic heterocycles. The summed E-state index contributed by atoms with van der Waals surface area (Å²) in [5.41, 5.74) is 2.21. The molecule has 0 saturated heterocycles. The number of benzene rings is 1. The summed E-state index contributed by atoms with van der Waals surface area (Å²) in [6, 6.07) is 8.96. The maximum absolute atomic E-state index is 11.2. The Morgan fingerprint density at radius 1 is 1.40 bits per heavy atom. The van der Waals surface area contributed by atoms with Crippen LogP contribution in [-0.4, -0.2) is 20.9 Å². The summed E-state index contributed by atoms with van der Waals surface area (Å²) >= 11 is 2.02. The molecule has 6 heteroatoms. The average molecular weight is 381 g/mol. The summed E-state index contributed by atoms with van der Waals surface area (Å²) in [6.45, 7) is 3.98. The van der Waals surface area contributed by atoms with Crippen LogP contribution in [-0.2, 0) is 0 Å². The van der Waals surface area contributed by atoms with Crippen molar-refractivity contribution < 1.29 is 9.90 Å². The molecule has 0 aliphatic rings. The molecule has 1 aromatic carbocycles. The number of carboxylic acids is 1. The fourth-order valence-corrected chi connectivity index (χ4v) is 3.11. The summed E-state index contributed by atoms with van der Waals surface area (Å²) in [6.07, 6.45) is 0. The van der Waals surface area contributed by atoms with Gasteiger partial charge in [-0.1, -0.05) is 13.8 Å². The van der Waals surface area contributed by atoms with E-state index in [1.807, 2.05) is 36.4 Å². The number of rotatable bonds is 3. The third kappa shape index (κ3) is 2.54. The number of carboxylic acid groups (broad SMARTS) is 1. The number of hydrogen-bond acceptors (Lipinski definition) is 3. The Hall–Kier alpha value is -1.88. The van der Waals surface area contributed by atoms with Crippen molar-refractivity contribution in [3.8, 4) is 11.8 Å². The van der Waals surface area contributed by atoms with Crippen LogP contribution in [0.1, 0.15) is 41.5 Å². The molecule has 0 bridgehead atoms. The number of aromatic carboxylic acids is 1. The molecule has 0 spiro atoms. The van der Waals surface area contributed by atoms with Gasteiger partial charge in [-0.25, -0.2) is 9.48 Å². The highest BCUT2D eigenvalue weighted by molar-refractivity contribution is 14.1. The maximum Gasteiger partial charge on any atom is 0.357 e. The lowest BCUT2D eigenvalue weighted by Crippen LogP contribution is -2.05. The SMILES string of the molecule is CC(C)c1c(I)c(C(=O)O)nn1-c1ccc(C#N)cc1. The molecular weight excluding hydrogens is 369 g/mol. The van der Waals surface area contributed by atoms with E-state index in [0.717, 1.165) is 11.4 Å². The standard InChI is InChI=1S/C14H12IN3O2/c1-8(2)13-11(15)12(14(19)20)17-18(13)10-5-3-9(7-16)4-6-10/h3-6,8H,1-2H3,(H,19,20). The second-order valence-electron chi connectivity index (χ2n) is 4.58. The summed E-state index contributed by atoms with van der Waals surface area (Å²) in [7, 11) is 0. The average Bonchev–Trinajstić information content (AvgIpc) is 2.76. The van der Waals surface area contributed by atoms with Crippen molar-refractivity contribution in [2.24, 2.45) is 0 Å². The first-order valence-electron chi connectivity index (χ1n) is 5.98. The monoisotopic (exact) mass is 381 g/mol. The van der Waals surface area contributed by atoms with Gasteiger partial charge in [0.2, 0.25) is 0 Å². The fraction of sp³-hybridized carbons (Fsp3) is 0.214. The fourth-order valence-electron chi connectivity index (χ4n) is 1.92. The van der Waals surface area contributed by atoms with Crippen LogP contribution in [0, 0.1) is 14.9 Å². The number of nitrogens with zero attached hydrogens (tertiary/aromatic N) is 3. The van der Waals surface area contributed by atoms with E-state index in [0.29, 0.717) is 9.13 Å². The minimum atomic E-state index is -1.04. The van der Waals surface area contributed by atoms with Gasteiger partial charge in [-0.2, -0.15) is 10.4 Å². The van der Waals surface area contributed by atoms with Crippen molar-refractivity contribution in [1.29, 1.82) is 5.26 Å². The molecule has 0 fully saturated rings. The molecule has 0 radical (unpaired) electrons. The maximum atomic E-state index is 11.2. The second-order valence-corrected chi connectivity index (χ2v) is 5.66.